The van der Waals surface area contributed by atoms with Gasteiger partial charge in [-0.15, -0.1) is 0 Å². The quantitative estimate of drug-likeness (QED) is 0.534. The van der Waals surface area contributed by atoms with E-state index in [4.69, 9.17) is 11.6 Å². The third-order valence-electron chi connectivity index (χ3n) is 2.99. The molecule has 0 aliphatic carbocycles. The Morgan fingerprint density at radius 1 is 1.15 bits per heavy atom. The first-order valence-electron chi connectivity index (χ1n) is 6.02. The largest absolute Gasteiger partial charge is 0.268 e. The van der Waals surface area contributed by atoms with Gasteiger partial charge in [0, 0.05) is 5.02 Å². The number of hydrogen-bond donors (Lipinski definition) is 0. The molecule has 0 radical (unpaired) electrons. The topological polar surface area (TPSA) is 34.9 Å². The first kappa shape index (κ1) is 13.2. The van der Waals surface area contributed by atoms with Gasteiger partial charge in [-0.05, 0) is 36.6 Å². The summed E-state index contributed by atoms with van der Waals surface area (Å²) in [6.07, 6.45) is 1.90. The smallest absolute Gasteiger partial charge is 0.266 e. The van der Waals surface area contributed by atoms with E-state index in [0.717, 1.165) is 5.69 Å². The van der Waals surface area contributed by atoms with E-state index in [-0.39, 0.29) is 5.56 Å². The van der Waals surface area contributed by atoms with Crippen molar-refractivity contribution in [3.63, 3.8) is 0 Å². The van der Waals surface area contributed by atoms with Gasteiger partial charge in [-0.3, -0.25) is 9.36 Å². The van der Waals surface area contributed by atoms with Crippen LogP contribution in [-0.2, 0) is 0 Å². The number of halogens is 1. The van der Waals surface area contributed by atoms with Crippen LogP contribution in [0.3, 0.4) is 0 Å². The highest BCUT2D eigenvalue weighted by atomic mass is 35.5. The summed E-state index contributed by atoms with van der Waals surface area (Å²) in [5.74, 6) is 0. The predicted molar refractivity (Wildman–Crippen MR) is 84.1 cm³/mol. The van der Waals surface area contributed by atoms with Crippen molar-refractivity contribution in [1.82, 2.24) is 9.55 Å². The number of nitrogens with zero attached hydrogens (tertiary/aromatic N) is 2. The lowest BCUT2D eigenvalue weighted by atomic mass is 10.2. The van der Waals surface area contributed by atoms with Crippen molar-refractivity contribution in [2.24, 2.45) is 0 Å². The van der Waals surface area contributed by atoms with Crippen LogP contribution in [0.2, 0.25) is 5.02 Å². The van der Waals surface area contributed by atoms with Crippen molar-refractivity contribution in [2.45, 2.75) is 5.16 Å². The summed E-state index contributed by atoms with van der Waals surface area (Å²) in [6.45, 7) is 0. The van der Waals surface area contributed by atoms with Gasteiger partial charge < -0.3 is 0 Å². The van der Waals surface area contributed by atoms with Crippen LogP contribution in [0, 0.1) is 0 Å². The van der Waals surface area contributed by atoms with Crippen LogP contribution in [0.1, 0.15) is 0 Å². The molecule has 0 spiro atoms. The predicted octanol–water partition coefficient (Wildman–Crippen LogP) is 3.76. The highest BCUT2D eigenvalue weighted by molar-refractivity contribution is 7.98. The Morgan fingerprint density at radius 3 is 2.70 bits per heavy atom. The Labute approximate surface area is 125 Å². The zero-order valence-electron chi connectivity index (χ0n) is 10.7. The summed E-state index contributed by atoms with van der Waals surface area (Å²) in [5, 5.41) is 1.84. The molecule has 0 atom stereocenters. The number of para-hydroxylation sites is 1. The van der Waals surface area contributed by atoms with Gasteiger partial charge in [-0.2, -0.15) is 0 Å². The average Bonchev–Trinajstić information content (AvgIpc) is 2.47. The fourth-order valence-corrected chi connectivity index (χ4v) is 2.84. The lowest BCUT2D eigenvalue weighted by molar-refractivity contribution is 0.822. The van der Waals surface area contributed by atoms with Gasteiger partial charge in [0.1, 0.15) is 0 Å². The maximum absolute atomic E-state index is 12.7. The second-order valence-electron chi connectivity index (χ2n) is 4.24. The van der Waals surface area contributed by atoms with E-state index in [0.29, 0.717) is 21.1 Å². The highest BCUT2D eigenvalue weighted by Crippen LogP contribution is 2.21. The van der Waals surface area contributed by atoms with Crippen LogP contribution in [0.4, 0.5) is 0 Å². The molecule has 3 nitrogen and oxygen atoms in total. The number of hydrogen-bond acceptors (Lipinski definition) is 3. The molecule has 0 fully saturated rings. The van der Waals surface area contributed by atoms with Crippen molar-refractivity contribution in [3.8, 4) is 5.69 Å². The molecule has 1 aromatic heterocycles. The van der Waals surface area contributed by atoms with Crippen LogP contribution >= 0.6 is 23.4 Å². The van der Waals surface area contributed by atoms with Crippen molar-refractivity contribution < 1.29 is 0 Å². The van der Waals surface area contributed by atoms with Gasteiger partial charge in [-0.1, -0.05) is 41.6 Å². The van der Waals surface area contributed by atoms with Gasteiger partial charge in [0.05, 0.1) is 16.6 Å². The minimum atomic E-state index is -0.0813. The van der Waals surface area contributed by atoms with Crippen LogP contribution in [0.15, 0.2) is 58.5 Å². The van der Waals surface area contributed by atoms with Gasteiger partial charge in [0.15, 0.2) is 5.16 Å². The molecular formula is C15H11ClN2OS. The number of thioether (sulfide) groups is 1. The van der Waals surface area contributed by atoms with E-state index in [1.807, 2.05) is 36.6 Å². The van der Waals surface area contributed by atoms with E-state index < -0.39 is 0 Å². The molecule has 0 aliphatic rings. The third-order valence-corrected chi connectivity index (χ3v) is 3.87. The summed E-state index contributed by atoms with van der Waals surface area (Å²) >= 11 is 7.45. The summed E-state index contributed by atoms with van der Waals surface area (Å²) in [6, 6.07) is 14.6. The Kier molecular flexibility index (Phi) is 3.51. The standard InChI is InChI=1S/C15H11ClN2OS/c1-20-15-17-13-8-3-2-7-12(13)14(19)18(15)11-6-4-5-10(16)9-11/h2-9H,1H3. The van der Waals surface area contributed by atoms with E-state index >= 15 is 0 Å². The fourth-order valence-electron chi connectivity index (χ4n) is 2.09. The van der Waals surface area contributed by atoms with Gasteiger partial charge in [0.25, 0.3) is 5.56 Å². The van der Waals surface area contributed by atoms with Crippen LogP contribution in [-0.4, -0.2) is 15.8 Å². The molecule has 3 rings (SSSR count). The molecule has 0 bridgehead atoms. The minimum Gasteiger partial charge on any atom is -0.268 e. The molecule has 3 aromatic rings. The molecule has 100 valence electrons. The second kappa shape index (κ2) is 5.31. The van der Waals surface area contributed by atoms with Gasteiger partial charge in [0.2, 0.25) is 0 Å². The zero-order valence-corrected chi connectivity index (χ0v) is 12.3. The van der Waals surface area contributed by atoms with E-state index in [1.54, 1.807) is 22.8 Å². The minimum absolute atomic E-state index is 0.0813. The SMILES string of the molecule is CSc1nc2ccccc2c(=O)n1-c1cccc(Cl)c1. The van der Waals surface area contributed by atoms with E-state index in [1.165, 1.54) is 11.8 Å². The second-order valence-corrected chi connectivity index (χ2v) is 5.45. The molecule has 5 heteroatoms. The molecule has 2 aromatic carbocycles. The maximum atomic E-state index is 12.7. The van der Waals surface area contributed by atoms with Gasteiger partial charge in [-0.25, -0.2) is 4.98 Å². The summed E-state index contributed by atoms with van der Waals surface area (Å²) in [5.41, 5.74) is 1.35. The van der Waals surface area contributed by atoms with E-state index in [9.17, 15) is 4.79 Å². The fraction of sp³-hybridized carbons (Fsp3) is 0.0667. The monoisotopic (exact) mass is 302 g/mol. The molecule has 20 heavy (non-hydrogen) atoms. The molecule has 0 saturated carbocycles. The third kappa shape index (κ3) is 2.21. The molecule has 0 amide bonds. The van der Waals surface area contributed by atoms with Crippen LogP contribution in [0.5, 0.6) is 0 Å². The number of benzene rings is 2. The first-order valence-corrected chi connectivity index (χ1v) is 7.62. The first-order chi connectivity index (χ1) is 9.70. The number of fused-ring (bicyclic) bond motifs is 1. The Morgan fingerprint density at radius 2 is 1.95 bits per heavy atom. The summed E-state index contributed by atoms with van der Waals surface area (Å²) < 4.78 is 1.60. The van der Waals surface area contributed by atoms with Crippen molar-refractivity contribution in [3.05, 3.63) is 63.9 Å². The maximum Gasteiger partial charge on any atom is 0.266 e. The number of aromatic nitrogens is 2. The van der Waals surface area contributed by atoms with Crippen molar-refractivity contribution in [2.75, 3.05) is 6.26 Å². The average molecular weight is 303 g/mol. The van der Waals surface area contributed by atoms with Crippen LogP contribution in [0.25, 0.3) is 16.6 Å². The molecule has 0 unspecified atom stereocenters. The molecule has 0 aliphatic heterocycles. The molecule has 0 N–H and O–H groups in total. The Balaban J connectivity index is 2.40. The highest BCUT2D eigenvalue weighted by Gasteiger charge is 2.11. The van der Waals surface area contributed by atoms with Crippen molar-refractivity contribution >= 4 is 34.3 Å². The summed E-state index contributed by atoms with van der Waals surface area (Å²) in [4.78, 5) is 17.2. The summed E-state index contributed by atoms with van der Waals surface area (Å²) in [7, 11) is 0. The molecule has 0 saturated heterocycles. The van der Waals surface area contributed by atoms with Gasteiger partial charge >= 0.3 is 0 Å². The Hall–Kier alpha value is -1.78. The van der Waals surface area contributed by atoms with E-state index in [2.05, 4.69) is 4.98 Å². The molecule has 1 heterocycles. The lowest BCUT2D eigenvalue weighted by Gasteiger charge is -2.11. The number of rotatable bonds is 2. The Bertz CT molecular complexity index is 845. The molecular weight excluding hydrogens is 292 g/mol. The van der Waals surface area contributed by atoms with Crippen molar-refractivity contribution in [1.29, 1.82) is 0 Å². The normalized spacial score (nSPS) is 10.9. The zero-order chi connectivity index (χ0) is 14.1. The van der Waals surface area contributed by atoms with Crippen LogP contribution < -0.4 is 5.56 Å². The lowest BCUT2D eigenvalue weighted by Crippen LogP contribution is -2.21.